The van der Waals surface area contributed by atoms with Crippen LogP contribution < -0.4 is 0 Å². The summed E-state index contributed by atoms with van der Waals surface area (Å²) in [5.74, 6) is -1.12. The number of aliphatic hydroxyl groups excluding tert-OH is 1. The Morgan fingerprint density at radius 2 is 1.75 bits per heavy atom. The highest BCUT2D eigenvalue weighted by molar-refractivity contribution is 4.95. The quantitative estimate of drug-likeness (QED) is 0.812. The predicted molar refractivity (Wildman–Crippen MR) is 54.0 cm³/mol. The summed E-state index contributed by atoms with van der Waals surface area (Å²) in [6.07, 6.45) is -1.57. The van der Waals surface area contributed by atoms with Crippen molar-refractivity contribution in [3.05, 3.63) is 0 Å². The molecule has 1 saturated carbocycles. The van der Waals surface area contributed by atoms with Gasteiger partial charge in [0.05, 0.1) is 5.92 Å². The van der Waals surface area contributed by atoms with Crippen molar-refractivity contribution in [2.75, 3.05) is 26.2 Å². The van der Waals surface area contributed by atoms with E-state index in [2.05, 4.69) is 4.90 Å². The van der Waals surface area contributed by atoms with Gasteiger partial charge < -0.3 is 10.0 Å². The molecule has 5 heteroatoms. The van der Waals surface area contributed by atoms with Gasteiger partial charge in [0.25, 0.3) is 0 Å². The van der Waals surface area contributed by atoms with Crippen molar-refractivity contribution >= 4 is 0 Å². The number of rotatable bonds is 3. The highest BCUT2D eigenvalue weighted by Gasteiger charge is 2.45. The van der Waals surface area contributed by atoms with E-state index in [0.29, 0.717) is 13.1 Å². The number of aliphatic hydroxyl groups is 1. The minimum Gasteiger partial charge on any atom is -0.396 e. The fourth-order valence-corrected chi connectivity index (χ4v) is 2.44. The Morgan fingerprint density at radius 1 is 1.19 bits per heavy atom. The van der Waals surface area contributed by atoms with Gasteiger partial charge in [0, 0.05) is 18.6 Å². The number of likely N-dealkylation sites (tertiary alicyclic amines) is 1. The third-order valence-electron chi connectivity index (χ3n) is 3.90. The Morgan fingerprint density at radius 3 is 2.12 bits per heavy atom. The first kappa shape index (κ1) is 12.2. The molecule has 1 heterocycles. The second-order valence-electron chi connectivity index (χ2n) is 5.25. The lowest BCUT2D eigenvalue weighted by molar-refractivity contribution is -0.185. The molecule has 0 bridgehead atoms. The SMILES string of the molecule is OCC1(CN2CCC(C(F)(F)F)CC2)CC1. The topological polar surface area (TPSA) is 23.5 Å². The van der Waals surface area contributed by atoms with E-state index in [9.17, 15) is 13.2 Å². The Bertz CT molecular complexity index is 242. The molecule has 16 heavy (non-hydrogen) atoms. The zero-order valence-corrected chi connectivity index (χ0v) is 9.26. The van der Waals surface area contributed by atoms with Crippen LogP contribution in [0.25, 0.3) is 0 Å². The van der Waals surface area contributed by atoms with Crippen molar-refractivity contribution in [2.24, 2.45) is 11.3 Å². The summed E-state index contributed by atoms with van der Waals surface area (Å²) in [7, 11) is 0. The highest BCUT2D eigenvalue weighted by atomic mass is 19.4. The monoisotopic (exact) mass is 237 g/mol. The van der Waals surface area contributed by atoms with Crippen molar-refractivity contribution in [2.45, 2.75) is 31.9 Å². The van der Waals surface area contributed by atoms with Crippen LogP contribution in [-0.2, 0) is 0 Å². The largest absolute Gasteiger partial charge is 0.396 e. The Balaban J connectivity index is 1.77. The molecule has 0 atom stereocenters. The number of hydrogen-bond acceptors (Lipinski definition) is 2. The predicted octanol–water partition coefficient (Wildman–Crippen LogP) is 2.03. The fourth-order valence-electron chi connectivity index (χ4n) is 2.44. The van der Waals surface area contributed by atoms with Gasteiger partial charge in [-0.1, -0.05) is 0 Å². The summed E-state index contributed by atoms with van der Waals surface area (Å²) >= 11 is 0. The lowest BCUT2D eigenvalue weighted by atomic mass is 9.95. The molecule has 0 unspecified atom stereocenters. The lowest BCUT2D eigenvalue weighted by Crippen LogP contribution is -2.42. The van der Waals surface area contributed by atoms with Gasteiger partial charge in [0.2, 0.25) is 0 Å². The molecule has 2 aliphatic rings. The molecule has 0 aromatic carbocycles. The summed E-state index contributed by atoms with van der Waals surface area (Å²) in [6.45, 7) is 1.98. The minimum absolute atomic E-state index is 0.0189. The summed E-state index contributed by atoms with van der Waals surface area (Å²) < 4.78 is 37.3. The van der Waals surface area contributed by atoms with Crippen LogP contribution in [-0.4, -0.2) is 42.4 Å². The van der Waals surface area contributed by atoms with E-state index in [1.807, 2.05) is 0 Å². The molecule has 1 aliphatic heterocycles. The molecule has 2 rings (SSSR count). The molecular weight excluding hydrogens is 219 g/mol. The summed E-state index contributed by atoms with van der Waals surface area (Å²) in [5, 5.41) is 9.16. The van der Waals surface area contributed by atoms with Gasteiger partial charge in [0.15, 0.2) is 0 Å². The molecule has 1 aliphatic carbocycles. The third kappa shape index (κ3) is 2.69. The van der Waals surface area contributed by atoms with E-state index in [4.69, 9.17) is 5.11 Å². The molecule has 0 spiro atoms. The number of alkyl halides is 3. The minimum atomic E-state index is -4.03. The van der Waals surface area contributed by atoms with Crippen LogP contribution in [0.15, 0.2) is 0 Å². The van der Waals surface area contributed by atoms with Crippen molar-refractivity contribution in [3.63, 3.8) is 0 Å². The van der Waals surface area contributed by atoms with Gasteiger partial charge in [0.1, 0.15) is 0 Å². The van der Waals surface area contributed by atoms with E-state index >= 15 is 0 Å². The maximum atomic E-state index is 12.4. The zero-order chi connectivity index (χ0) is 11.8. The van der Waals surface area contributed by atoms with Gasteiger partial charge in [-0.05, 0) is 38.8 Å². The van der Waals surface area contributed by atoms with Crippen LogP contribution in [0.2, 0.25) is 0 Å². The first-order chi connectivity index (χ1) is 7.45. The van der Waals surface area contributed by atoms with Crippen LogP contribution in [0.4, 0.5) is 13.2 Å². The van der Waals surface area contributed by atoms with E-state index < -0.39 is 12.1 Å². The van der Waals surface area contributed by atoms with Crippen molar-refractivity contribution < 1.29 is 18.3 Å². The van der Waals surface area contributed by atoms with Gasteiger partial charge in [-0.3, -0.25) is 0 Å². The molecule has 0 amide bonds. The van der Waals surface area contributed by atoms with Gasteiger partial charge >= 0.3 is 6.18 Å². The van der Waals surface area contributed by atoms with E-state index in [1.165, 1.54) is 0 Å². The molecule has 0 aromatic rings. The second-order valence-corrected chi connectivity index (χ2v) is 5.25. The average Bonchev–Trinajstić information content (AvgIpc) is 2.98. The molecule has 1 saturated heterocycles. The first-order valence-corrected chi connectivity index (χ1v) is 5.85. The van der Waals surface area contributed by atoms with Gasteiger partial charge in [-0.2, -0.15) is 13.2 Å². The van der Waals surface area contributed by atoms with Crippen molar-refractivity contribution in [1.82, 2.24) is 4.90 Å². The van der Waals surface area contributed by atoms with Crippen LogP contribution in [0.5, 0.6) is 0 Å². The summed E-state index contributed by atoms with van der Waals surface area (Å²) in [6, 6.07) is 0. The standard InChI is InChI=1S/C11H18F3NO/c12-11(13,14)9-1-5-15(6-2-9)7-10(8-16)3-4-10/h9,16H,1-8H2. The van der Waals surface area contributed by atoms with Crippen LogP contribution in [0, 0.1) is 11.3 Å². The van der Waals surface area contributed by atoms with Crippen LogP contribution in [0.3, 0.4) is 0 Å². The van der Waals surface area contributed by atoms with Crippen molar-refractivity contribution in [1.29, 1.82) is 0 Å². The third-order valence-corrected chi connectivity index (χ3v) is 3.90. The van der Waals surface area contributed by atoms with E-state index in [1.54, 1.807) is 0 Å². The Kier molecular flexibility index (Phi) is 3.18. The smallest absolute Gasteiger partial charge is 0.391 e. The normalized spacial score (nSPS) is 27.0. The molecule has 0 aromatic heterocycles. The van der Waals surface area contributed by atoms with Crippen LogP contribution in [0.1, 0.15) is 25.7 Å². The number of halogens is 3. The molecule has 94 valence electrons. The first-order valence-electron chi connectivity index (χ1n) is 5.85. The average molecular weight is 237 g/mol. The van der Waals surface area contributed by atoms with E-state index in [-0.39, 0.29) is 24.9 Å². The zero-order valence-electron chi connectivity index (χ0n) is 9.26. The summed E-state index contributed by atoms with van der Waals surface area (Å²) in [5.41, 5.74) is 0.0189. The molecule has 2 nitrogen and oxygen atoms in total. The van der Waals surface area contributed by atoms with Crippen LogP contribution >= 0.6 is 0 Å². The maximum absolute atomic E-state index is 12.4. The second kappa shape index (κ2) is 4.18. The molecule has 2 fully saturated rings. The van der Waals surface area contributed by atoms with E-state index in [0.717, 1.165) is 19.4 Å². The maximum Gasteiger partial charge on any atom is 0.391 e. The number of nitrogens with zero attached hydrogens (tertiary/aromatic N) is 1. The molecular formula is C11H18F3NO. The lowest BCUT2D eigenvalue weighted by Gasteiger charge is -2.34. The summed E-state index contributed by atoms with van der Waals surface area (Å²) in [4.78, 5) is 2.07. The highest BCUT2D eigenvalue weighted by Crippen LogP contribution is 2.46. The fraction of sp³-hybridized carbons (Fsp3) is 1.00. The van der Waals surface area contributed by atoms with Crippen molar-refractivity contribution in [3.8, 4) is 0 Å². The number of hydrogen-bond donors (Lipinski definition) is 1. The Hall–Kier alpha value is -0.290. The van der Waals surface area contributed by atoms with Gasteiger partial charge in [-0.25, -0.2) is 0 Å². The number of piperidine rings is 1. The molecule has 0 radical (unpaired) electrons. The molecule has 1 N–H and O–H groups in total. The van der Waals surface area contributed by atoms with Gasteiger partial charge in [-0.15, -0.1) is 0 Å². The Labute approximate surface area is 93.4 Å².